The van der Waals surface area contributed by atoms with Gasteiger partial charge < -0.3 is 14.8 Å². The van der Waals surface area contributed by atoms with Crippen LogP contribution in [0.5, 0.6) is 11.5 Å². The van der Waals surface area contributed by atoms with Crippen LogP contribution in [0.25, 0.3) is 0 Å². The molecule has 18 heavy (non-hydrogen) atoms. The van der Waals surface area contributed by atoms with Crippen molar-refractivity contribution in [3.05, 3.63) is 22.2 Å². The molecule has 1 N–H and O–H groups in total. The summed E-state index contributed by atoms with van der Waals surface area (Å²) >= 11 is 3.38. The number of benzene rings is 1. The molecule has 0 radical (unpaired) electrons. The Balaban J connectivity index is 2.39. The molecule has 0 spiro atoms. The van der Waals surface area contributed by atoms with E-state index in [1.807, 2.05) is 6.07 Å². The van der Waals surface area contributed by atoms with E-state index in [0.717, 1.165) is 17.3 Å². The van der Waals surface area contributed by atoms with Gasteiger partial charge in [0.25, 0.3) is 0 Å². The summed E-state index contributed by atoms with van der Waals surface area (Å²) in [6.07, 6.45) is 2.30. The molecular formula is C13H16BrNO3. The molecule has 0 unspecified atom stereocenters. The molecule has 5 heteroatoms. The second-order valence-electron chi connectivity index (χ2n) is 4.26. The van der Waals surface area contributed by atoms with Gasteiger partial charge in [0.15, 0.2) is 17.3 Å². The third-order valence-corrected chi connectivity index (χ3v) is 3.14. The number of hydrogen-bond donors (Lipinski definition) is 1. The Morgan fingerprint density at radius 3 is 2.78 bits per heavy atom. The van der Waals surface area contributed by atoms with Gasteiger partial charge in [-0.1, -0.05) is 15.9 Å². The average Bonchev–Trinajstić information content (AvgIpc) is 3.15. The quantitative estimate of drug-likeness (QED) is 0.819. The van der Waals surface area contributed by atoms with Crippen LogP contribution in [0.1, 0.15) is 23.2 Å². The van der Waals surface area contributed by atoms with Gasteiger partial charge in [-0.05, 0) is 32.0 Å². The van der Waals surface area contributed by atoms with E-state index < -0.39 is 0 Å². The lowest BCUT2D eigenvalue weighted by Crippen LogP contribution is -2.19. The molecule has 1 aliphatic rings. The fourth-order valence-electron chi connectivity index (χ4n) is 1.66. The van der Waals surface area contributed by atoms with Crippen LogP contribution in [-0.4, -0.2) is 32.6 Å². The van der Waals surface area contributed by atoms with Gasteiger partial charge in [-0.15, -0.1) is 0 Å². The fourth-order valence-corrected chi connectivity index (χ4v) is 2.09. The summed E-state index contributed by atoms with van der Waals surface area (Å²) in [5.74, 6) is 1.15. The Hall–Kier alpha value is -1.07. The van der Waals surface area contributed by atoms with E-state index >= 15 is 0 Å². The van der Waals surface area contributed by atoms with Crippen LogP contribution in [0, 0.1) is 0 Å². The molecule has 0 atom stereocenters. The van der Waals surface area contributed by atoms with Gasteiger partial charge in [-0.25, -0.2) is 0 Å². The van der Waals surface area contributed by atoms with Gasteiger partial charge in [-0.2, -0.15) is 0 Å². The van der Waals surface area contributed by atoms with Crippen molar-refractivity contribution >= 4 is 21.7 Å². The van der Waals surface area contributed by atoms with E-state index in [0.29, 0.717) is 17.1 Å². The van der Waals surface area contributed by atoms with Crippen LogP contribution < -0.4 is 14.8 Å². The number of halogens is 1. The number of hydrogen-bond acceptors (Lipinski definition) is 4. The third kappa shape index (κ3) is 3.03. The van der Waals surface area contributed by atoms with Gasteiger partial charge in [0.1, 0.15) is 0 Å². The summed E-state index contributed by atoms with van der Waals surface area (Å²) in [4.78, 5) is 12.1. The molecule has 0 bridgehead atoms. The number of methoxy groups -OCH3 is 1. The first-order valence-electron chi connectivity index (χ1n) is 5.87. The number of nitrogens with one attached hydrogen (secondary N) is 1. The van der Waals surface area contributed by atoms with Crippen molar-refractivity contribution in [3.63, 3.8) is 0 Å². The van der Waals surface area contributed by atoms with Gasteiger partial charge in [0, 0.05) is 4.47 Å². The van der Waals surface area contributed by atoms with Gasteiger partial charge in [0.2, 0.25) is 0 Å². The maximum Gasteiger partial charge on any atom is 0.180 e. The molecule has 1 aromatic rings. The number of carbonyl (C=O) groups is 1. The highest BCUT2D eigenvalue weighted by Crippen LogP contribution is 2.38. The highest BCUT2D eigenvalue weighted by Gasteiger charge is 2.28. The van der Waals surface area contributed by atoms with E-state index in [1.54, 1.807) is 20.2 Å². The van der Waals surface area contributed by atoms with Gasteiger partial charge in [-0.3, -0.25) is 4.79 Å². The predicted molar refractivity (Wildman–Crippen MR) is 72.6 cm³/mol. The van der Waals surface area contributed by atoms with Crippen LogP contribution in [0.4, 0.5) is 0 Å². The molecule has 1 fully saturated rings. The normalized spacial score (nSPS) is 14.4. The highest BCUT2D eigenvalue weighted by atomic mass is 79.9. The van der Waals surface area contributed by atoms with Crippen molar-refractivity contribution in [3.8, 4) is 11.5 Å². The summed E-state index contributed by atoms with van der Waals surface area (Å²) in [5, 5.41) is 2.86. The van der Waals surface area contributed by atoms with Crippen LogP contribution >= 0.6 is 15.9 Å². The van der Waals surface area contributed by atoms with Crippen LogP contribution in [0.3, 0.4) is 0 Å². The number of rotatable bonds is 6. The van der Waals surface area contributed by atoms with Crippen molar-refractivity contribution in [2.75, 3.05) is 20.7 Å². The number of ketones is 1. The lowest BCUT2D eigenvalue weighted by atomic mass is 10.1. The predicted octanol–water partition coefficient (Wildman–Crippen LogP) is 2.40. The van der Waals surface area contributed by atoms with Crippen LogP contribution in [-0.2, 0) is 0 Å². The third-order valence-electron chi connectivity index (χ3n) is 2.69. The van der Waals surface area contributed by atoms with Crippen molar-refractivity contribution in [2.24, 2.45) is 0 Å². The summed E-state index contributed by atoms with van der Waals surface area (Å²) < 4.78 is 11.9. The van der Waals surface area contributed by atoms with E-state index in [4.69, 9.17) is 9.47 Å². The molecule has 0 aromatic heterocycles. The van der Waals surface area contributed by atoms with E-state index in [2.05, 4.69) is 21.2 Å². The van der Waals surface area contributed by atoms with E-state index in [9.17, 15) is 4.79 Å². The summed E-state index contributed by atoms with van der Waals surface area (Å²) in [6, 6.07) is 3.59. The van der Waals surface area contributed by atoms with Crippen molar-refractivity contribution in [1.82, 2.24) is 5.32 Å². The van der Waals surface area contributed by atoms with Crippen molar-refractivity contribution in [2.45, 2.75) is 18.9 Å². The molecule has 0 heterocycles. The molecule has 0 amide bonds. The van der Waals surface area contributed by atoms with Crippen molar-refractivity contribution in [1.29, 1.82) is 0 Å². The Labute approximate surface area is 115 Å². The first-order valence-corrected chi connectivity index (χ1v) is 6.67. The Morgan fingerprint density at radius 2 is 2.22 bits per heavy atom. The molecule has 2 rings (SSSR count). The second-order valence-corrected chi connectivity index (χ2v) is 5.17. The lowest BCUT2D eigenvalue weighted by Gasteiger charge is -2.14. The van der Waals surface area contributed by atoms with E-state index in [-0.39, 0.29) is 18.4 Å². The topological polar surface area (TPSA) is 47.6 Å². The molecule has 0 saturated heterocycles. The summed E-state index contributed by atoms with van der Waals surface area (Å²) in [5.41, 5.74) is 0.558. The zero-order chi connectivity index (χ0) is 13.1. The minimum atomic E-state index is -0.00671. The van der Waals surface area contributed by atoms with Crippen LogP contribution in [0.2, 0.25) is 0 Å². The number of carbonyl (C=O) groups excluding carboxylic acids is 1. The van der Waals surface area contributed by atoms with Crippen molar-refractivity contribution < 1.29 is 14.3 Å². The smallest absolute Gasteiger partial charge is 0.180 e. The number of likely N-dealkylation sites (N-methyl/N-ethyl adjacent to an activating group) is 1. The fraction of sp³-hybridized carbons (Fsp3) is 0.462. The zero-order valence-corrected chi connectivity index (χ0v) is 12.0. The Morgan fingerprint density at radius 1 is 1.50 bits per heavy atom. The maximum atomic E-state index is 12.1. The lowest BCUT2D eigenvalue weighted by molar-refractivity contribution is 0.0988. The highest BCUT2D eigenvalue weighted by molar-refractivity contribution is 9.10. The minimum Gasteiger partial charge on any atom is -0.493 e. The maximum absolute atomic E-state index is 12.1. The summed E-state index contributed by atoms with van der Waals surface area (Å²) in [6.45, 7) is 0.278. The molecule has 98 valence electrons. The largest absolute Gasteiger partial charge is 0.493 e. The second kappa shape index (κ2) is 5.71. The zero-order valence-electron chi connectivity index (χ0n) is 10.5. The number of ether oxygens (including phenoxy) is 2. The molecule has 4 nitrogen and oxygen atoms in total. The van der Waals surface area contributed by atoms with E-state index in [1.165, 1.54) is 0 Å². The first-order chi connectivity index (χ1) is 8.65. The molecular weight excluding hydrogens is 298 g/mol. The first kappa shape index (κ1) is 13.4. The minimum absolute atomic E-state index is 0.00671. The molecule has 1 saturated carbocycles. The Kier molecular flexibility index (Phi) is 4.24. The summed E-state index contributed by atoms with van der Waals surface area (Å²) in [7, 11) is 3.32. The molecule has 0 aliphatic heterocycles. The molecule has 1 aromatic carbocycles. The Bertz CT molecular complexity index is 458. The SMILES string of the molecule is CNCC(=O)c1cc(Br)cc(OC)c1OC1CC1. The number of Topliss-reactive ketones (excluding diaryl/α,β-unsaturated/α-hetero) is 1. The van der Waals surface area contributed by atoms with Gasteiger partial charge >= 0.3 is 0 Å². The monoisotopic (exact) mass is 313 g/mol. The van der Waals surface area contributed by atoms with Crippen LogP contribution in [0.15, 0.2) is 16.6 Å². The standard InChI is InChI=1S/C13H16BrNO3/c1-15-7-11(16)10-5-8(14)6-12(17-2)13(10)18-9-3-4-9/h5-6,9,15H,3-4,7H2,1-2H3. The average molecular weight is 314 g/mol. The van der Waals surface area contributed by atoms with Gasteiger partial charge in [0.05, 0.1) is 25.3 Å². The molecule has 1 aliphatic carbocycles.